The molecular formula is C20H21N5O4. The van der Waals surface area contributed by atoms with E-state index in [-0.39, 0.29) is 25.7 Å². The molecule has 0 fully saturated rings. The Morgan fingerprint density at radius 3 is 2.69 bits per heavy atom. The number of carbonyl (C=O) groups is 1. The van der Waals surface area contributed by atoms with Crippen molar-refractivity contribution in [2.45, 2.75) is 20.0 Å². The number of rotatable bonds is 5. The highest BCUT2D eigenvalue weighted by Crippen LogP contribution is 2.19. The van der Waals surface area contributed by atoms with Crippen LogP contribution in [0.1, 0.15) is 5.69 Å². The van der Waals surface area contributed by atoms with Crippen molar-refractivity contribution in [3.63, 3.8) is 0 Å². The number of aromatic nitrogens is 5. The quantitative estimate of drug-likeness (QED) is 0.469. The molecule has 0 radical (unpaired) electrons. The number of para-hydroxylation sites is 1. The number of carbonyl (C=O) groups excluding carboxylic acids is 1. The van der Waals surface area contributed by atoms with E-state index in [1.165, 1.54) is 17.9 Å². The Hall–Kier alpha value is -3.62. The second-order valence-corrected chi connectivity index (χ2v) is 6.97. The lowest BCUT2D eigenvalue weighted by molar-refractivity contribution is -0.144. The normalized spacial score (nSPS) is 11.4. The average Bonchev–Trinajstić information content (AvgIpc) is 3.26. The summed E-state index contributed by atoms with van der Waals surface area (Å²) >= 11 is 0. The van der Waals surface area contributed by atoms with E-state index in [9.17, 15) is 14.4 Å². The summed E-state index contributed by atoms with van der Waals surface area (Å²) < 4.78 is 11.2. The molecule has 0 aliphatic carbocycles. The van der Waals surface area contributed by atoms with E-state index in [1.807, 2.05) is 41.8 Å². The molecule has 3 aromatic heterocycles. The minimum absolute atomic E-state index is 0.0918. The van der Waals surface area contributed by atoms with Crippen LogP contribution in [0, 0.1) is 6.92 Å². The number of hydrogen-bond donors (Lipinski definition) is 0. The second-order valence-electron chi connectivity index (χ2n) is 6.97. The Labute approximate surface area is 165 Å². The molecule has 0 N–H and O–H groups in total. The topological polar surface area (TPSA) is 93.1 Å². The number of aryl methyl sites for hydroxylation is 2. The molecule has 9 heteroatoms. The highest BCUT2D eigenvalue weighted by molar-refractivity contribution is 5.83. The first kappa shape index (κ1) is 18.7. The first-order chi connectivity index (χ1) is 13.9. The van der Waals surface area contributed by atoms with E-state index in [1.54, 1.807) is 11.6 Å². The summed E-state index contributed by atoms with van der Waals surface area (Å²) in [5.41, 5.74) is 1.70. The Bertz CT molecular complexity index is 1360. The average molecular weight is 395 g/mol. The van der Waals surface area contributed by atoms with Crippen molar-refractivity contribution in [3.8, 4) is 0 Å². The van der Waals surface area contributed by atoms with E-state index in [4.69, 9.17) is 4.74 Å². The van der Waals surface area contributed by atoms with Crippen LogP contribution in [0.5, 0.6) is 0 Å². The zero-order chi connectivity index (χ0) is 20.7. The summed E-state index contributed by atoms with van der Waals surface area (Å²) in [6, 6.07) is 9.89. The van der Waals surface area contributed by atoms with Crippen LogP contribution in [0.15, 0.2) is 46.2 Å². The fraction of sp³-hybridized carbons (Fsp3) is 0.300. The minimum atomic E-state index is -0.437. The van der Waals surface area contributed by atoms with Crippen LogP contribution >= 0.6 is 0 Å². The molecule has 0 atom stereocenters. The van der Waals surface area contributed by atoms with E-state index in [2.05, 4.69) is 4.98 Å². The van der Waals surface area contributed by atoms with Crippen LogP contribution in [0.4, 0.5) is 0 Å². The molecule has 0 saturated heterocycles. The molecule has 0 unspecified atom stereocenters. The Kier molecular flexibility index (Phi) is 4.57. The van der Waals surface area contributed by atoms with Gasteiger partial charge in [-0.25, -0.2) is 9.78 Å². The highest BCUT2D eigenvalue weighted by Gasteiger charge is 2.15. The van der Waals surface area contributed by atoms with Crippen LogP contribution in [0.25, 0.3) is 22.1 Å². The van der Waals surface area contributed by atoms with Gasteiger partial charge in [0.25, 0.3) is 5.56 Å². The first-order valence-electron chi connectivity index (χ1n) is 9.20. The number of nitrogens with zero attached hydrogens (tertiary/aromatic N) is 5. The predicted molar refractivity (Wildman–Crippen MR) is 108 cm³/mol. The van der Waals surface area contributed by atoms with Crippen molar-refractivity contribution < 1.29 is 9.53 Å². The first-order valence-corrected chi connectivity index (χ1v) is 9.20. The molecule has 0 aliphatic heterocycles. The Morgan fingerprint density at radius 1 is 1.14 bits per heavy atom. The van der Waals surface area contributed by atoms with Crippen molar-refractivity contribution in [3.05, 3.63) is 63.2 Å². The molecule has 9 nitrogen and oxygen atoms in total. The fourth-order valence-electron chi connectivity index (χ4n) is 3.56. The monoisotopic (exact) mass is 395 g/mol. The van der Waals surface area contributed by atoms with Gasteiger partial charge in [0.15, 0.2) is 11.2 Å². The smallest absolute Gasteiger partial charge is 0.332 e. The number of esters is 1. The molecule has 0 spiro atoms. The van der Waals surface area contributed by atoms with Crippen LogP contribution in [0.2, 0.25) is 0 Å². The number of fused-ring (bicyclic) bond motifs is 2. The summed E-state index contributed by atoms with van der Waals surface area (Å²) in [4.78, 5) is 40.9. The van der Waals surface area contributed by atoms with E-state index in [0.717, 1.165) is 21.2 Å². The van der Waals surface area contributed by atoms with Crippen molar-refractivity contribution in [1.29, 1.82) is 0 Å². The molecule has 3 heterocycles. The van der Waals surface area contributed by atoms with Gasteiger partial charge in [0, 0.05) is 25.3 Å². The van der Waals surface area contributed by atoms with Gasteiger partial charge in [-0.2, -0.15) is 0 Å². The van der Waals surface area contributed by atoms with E-state index in [0.29, 0.717) is 11.2 Å². The molecule has 0 aliphatic rings. The Balaban J connectivity index is 1.48. The fourth-order valence-corrected chi connectivity index (χ4v) is 3.56. The van der Waals surface area contributed by atoms with Crippen molar-refractivity contribution in [1.82, 2.24) is 23.3 Å². The minimum Gasteiger partial charge on any atom is -0.462 e. The van der Waals surface area contributed by atoms with Gasteiger partial charge in [-0.05, 0) is 24.4 Å². The predicted octanol–water partition coefficient (Wildman–Crippen LogP) is 0.940. The van der Waals surface area contributed by atoms with Gasteiger partial charge in [-0.3, -0.25) is 18.7 Å². The van der Waals surface area contributed by atoms with Gasteiger partial charge in [-0.15, -0.1) is 0 Å². The lowest BCUT2D eigenvalue weighted by Gasteiger charge is -2.10. The SMILES string of the molecule is Cc1cc2ccccc2n1CC(=O)OCCn1cnc2c1c(=O)n(C)c(=O)n2C. The highest BCUT2D eigenvalue weighted by atomic mass is 16.5. The van der Waals surface area contributed by atoms with Crippen LogP contribution in [-0.2, 0) is 36.7 Å². The summed E-state index contributed by atoms with van der Waals surface area (Å²) in [5.74, 6) is -0.362. The molecule has 150 valence electrons. The van der Waals surface area contributed by atoms with Gasteiger partial charge < -0.3 is 13.9 Å². The van der Waals surface area contributed by atoms with Crippen LogP contribution in [0.3, 0.4) is 0 Å². The molecule has 0 amide bonds. The molecule has 0 saturated carbocycles. The van der Waals surface area contributed by atoms with E-state index < -0.39 is 11.2 Å². The van der Waals surface area contributed by atoms with Gasteiger partial charge in [0.1, 0.15) is 13.2 Å². The van der Waals surface area contributed by atoms with Crippen molar-refractivity contribution in [2.75, 3.05) is 6.61 Å². The third-order valence-electron chi connectivity index (χ3n) is 5.12. The lowest BCUT2D eigenvalue weighted by Crippen LogP contribution is -2.37. The molecule has 4 rings (SSSR count). The number of ether oxygens (including phenoxy) is 1. The Morgan fingerprint density at radius 2 is 1.90 bits per heavy atom. The third-order valence-corrected chi connectivity index (χ3v) is 5.12. The van der Waals surface area contributed by atoms with Crippen molar-refractivity contribution >= 4 is 28.0 Å². The maximum atomic E-state index is 12.4. The van der Waals surface area contributed by atoms with Gasteiger partial charge in [-0.1, -0.05) is 18.2 Å². The number of imidazole rings is 1. The zero-order valence-electron chi connectivity index (χ0n) is 16.5. The lowest BCUT2D eigenvalue weighted by atomic mass is 10.2. The summed E-state index contributed by atoms with van der Waals surface area (Å²) in [7, 11) is 2.98. The molecular weight excluding hydrogens is 374 g/mol. The molecule has 4 aromatic rings. The van der Waals surface area contributed by atoms with E-state index >= 15 is 0 Å². The summed E-state index contributed by atoms with van der Waals surface area (Å²) in [6.07, 6.45) is 1.48. The standard InChI is InChI=1S/C20H21N5O4/c1-13-10-14-6-4-5-7-15(14)25(13)11-16(26)29-9-8-24-12-21-18-17(24)19(27)23(3)20(28)22(18)2/h4-7,10,12H,8-9,11H2,1-3H3. The van der Waals surface area contributed by atoms with Crippen LogP contribution < -0.4 is 11.2 Å². The molecule has 29 heavy (non-hydrogen) atoms. The van der Waals surface area contributed by atoms with Gasteiger partial charge >= 0.3 is 11.7 Å². The molecule has 1 aromatic carbocycles. The number of hydrogen-bond acceptors (Lipinski definition) is 5. The molecule has 0 bridgehead atoms. The number of benzene rings is 1. The van der Waals surface area contributed by atoms with Gasteiger partial charge in [0.05, 0.1) is 12.9 Å². The third kappa shape index (κ3) is 3.14. The second kappa shape index (κ2) is 7.08. The van der Waals surface area contributed by atoms with Crippen molar-refractivity contribution in [2.24, 2.45) is 14.1 Å². The maximum absolute atomic E-state index is 12.4. The van der Waals surface area contributed by atoms with Gasteiger partial charge in [0.2, 0.25) is 0 Å². The maximum Gasteiger partial charge on any atom is 0.332 e. The summed E-state index contributed by atoms with van der Waals surface area (Å²) in [6.45, 7) is 2.42. The summed E-state index contributed by atoms with van der Waals surface area (Å²) in [5, 5.41) is 1.07. The largest absolute Gasteiger partial charge is 0.462 e. The zero-order valence-corrected chi connectivity index (χ0v) is 16.5. The van der Waals surface area contributed by atoms with Crippen LogP contribution in [-0.4, -0.2) is 35.8 Å².